The molecule has 14 heavy (non-hydrogen) atoms. The molecule has 72 valence electrons. The molecule has 0 atom stereocenters. The van der Waals surface area contributed by atoms with Crippen molar-refractivity contribution in [3.05, 3.63) is 29.3 Å². The summed E-state index contributed by atoms with van der Waals surface area (Å²) in [5.74, 6) is 2.60. The van der Waals surface area contributed by atoms with Crippen molar-refractivity contribution < 1.29 is 4.74 Å². The Morgan fingerprint density at radius 2 is 2.21 bits per heavy atom. The van der Waals surface area contributed by atoms with Gasteiger partial charge in [0.05, 0.1) is 13.2 Å². The molecule has 1 N–H and O–H groups in total. The van der Waals surface area contributed by atoms with Crippen LogP contribution in [0.4, 0.5) is 5.69 Å². The molecule has 1 heterocycles. The number of terminal acetylenes is 1. The topological polar surface area (TPSA) is 21.3 Å². The summed E-state index contributed by atoms with van der Waals surface area (Å²) in [4.78, 5) is 0. The van der Waals surface area contributed by atoms with Crippen molar-refractivity contribution in [2.75, 3.05) is 11.9 Å². The second-order valence-corrected chi connectivity index (χ2v) is 3.36. The SMILES string of the molecule is C#CCCNc1ccc2c(c1)COC2. The third-order valence-corrected chi connectivity index (χ3v) is 2.32. The molecule has 1 aliphatic heterocycles. The Kier molecular flexibility index (Phi) is 2.71. The number of hydrogen-bond acceptors (Lipinski definition) is 2. The van der Waals surface area contributed by atoms with Gasteiger partial charge in [-0.3, -0.25) is 0 Å². The predicted molar refractivity (Wildman–Crippen MR) is 56.9 cm³/mol. The molecule has 0 saturated heterocycles. The van der Waals surface area contributed by atoms with Crippen LogP contribution in [0, 0.1) is 12.3 Å². The summed E-state index contributed by atoms with van der Waals surface area (Å²) in [5.41, 5.74) is 3.72. The number of ether oxygens (including phenoxy) is 1. The lowest BCUT2D eigenvalue weighted by Crippen LogP contribution is -2.00. The molecule has 1 aliphatic rings. The van der Waals surface area contributed by atoms with Crippen LogP contribution in [0.5, 0.6) is 0 Å². The molecule has 1 aromatic carbocycles. The standard InChI is InChI=1S/C12H13NO/c1-2-3-6-13-12-5-4-10-8-14-9-11(10)7-12/h1,4-5,7,13H,3,6,8-9H2. The van der Waals surface area contributed by atoms with Crippen LogP contribution in [0.3, 0.4) is 0 Å². The molecule has 0 aliphatic carbocycles. The van der Waals surface area contributed by atoms with Crippen LogP contribution in [0.25, 0.3) is 0 Å². The van der Waals surface area contributed by atoms with Gasteiger partial charge < -0.3 is 10.1 Å². The Balaban J connectivity index is 2.02. The van der Waals surface area contributed by atoms with Crippen molar-refractivity contribution >= 4 is 5.69 Å². The van der Waals surface area contributed by atoms with Crippen LogP contribution in [-0.4, -0.2) is 6.54 Å². The first-order valence-electron chi connectivity index (χ1n) is 4.77. The summed E-state index contributed by atoms with van der Waals surface area (Å²) in [6.45, 7) is 2.32. The Morgan fingerprint density at radius 3 is 3.07 bits per heavy atom. The fourth-order valence-electron chi connectivity index (χ4n) is 1.56. The average Bonchev–Trinajstić information content (AvgIpc) is 2.65. The van der Waals surface area contributed by atoms with E-state index in [1.807, 2.05) is 0 Å². The van der Waals surface area contributed by atoms with E-state index in [1.54, 1.807) is 0 Å². The van der Waals surface area contributed by atoms with E-state index in [2.05, 4.69) is 29.4 Å². The summed E-state index contributed by atoms with van der Waals surface area (Å²) in [5, 5.41) is 3.28. The highest BCUT2D eigenvalue weighted by Crippen LogP contribution is 2.22. The maximum absolute atomic E-state index is 5.34. The zero-order valence-corrected chi connectivity index (χ0v) is 8.05. The zero-order chi connectivity index (χ0) is 9.80. The van der Waals surface area contributed by atoms with Gasteiger partial charge in [-0.15, -0.1) is 12.3 Å². The summed E-state index contributed by atoms with van der Waals surface area (Å²) in [7, 11) is 0. The minimum Gasteiger partial charge on any atom is -0.384 e. The molecule has 0 aromatic heterocycles. The number of anilines is 1. The van der Waals surface area contributed by atoms with Crippen LogP contribution in [-0.2, 0) is 18.0 Å². The molecule has 0 saturated carbocycles. The summed E-state index contributed by atoms with van der Waals surface area (Å²) < 4.78 is 5.34. The highest BCUT2D eigenvalue weighted by Gasteiger charge is 2.10. The second-order valence-electron chi connectivity index (χ2n) is 3.36. The molecule has 0 bridgehead atoms. The maximum Gasteiger partial charge on any atom is 0.0725 e. The van der Waals surface area contributed by atoms with Crippen molar-refractivity contribution in [3.8, 4) is 12.3 Å². The van der Waals surface area contributed by atoms with Gasteiger partial charge in [0.1, 0.15) is 0 Å². The van der Waals surface area contributed by atoms with Crippen LogP contribution >= 0.6 is 0 Å². The van der Waals surface area contributed by atoms with Crippen molar-refractivity contribution in [2.45, 2.75) is 19.6 Å². The van der Waals surface area contributed by atoms with Crippen molar-refractivity contribution in [2.24, 2.45) is 0 Å². The Morgan fingerprint density at radius 1 is 1.36 bits per heavy atom. The van der Waals surface area contributed by atoms with Crippen molar-refractivity contribution in [3.63, 3.8) is 0 Å². The minimum atomic E-state index is 0.736. The molecule has 0 radical (unpaired) electrons. The van der Waals surface area contributed by atoms with Gasteiger partial charge in [-0.2, -0.15) is 0 Å². The van der Waals surface area contributed by atoms with E-state index in [4.69, 9.17) is 11.2 Å². The van der Waals surface area contributed by atoms with Gasteiger partial charge in [-0.1, -0.05) is 6.07 Å². The van der Waals surface area contributed by atoms with Crippen LogP contribution in [0.2, 0.25) is 0 Å². The molecule has 0 amide bonds. The summed E-state index contributed by atoms with van der Waals surface area (Å²) in [6.07, 6.45) is 5.93. The van der Waals surface area contributed by atoms with Gasteiger partial charge in [0.2, 0.25) is 0 Å². The van der Waals surface area contributed by atoms with Gasteiger partial charge in [0, 0.05) is 18.7 Å². The average molecular weight is 187 g/mol. The number of fused-ring (bicyclic) bond motifs is 1. The number of rotatable bonds is 3. The van der Waals surface area contributed by atoms with Crippen LogP contribution < -0.4 is 5.32 Å². The third-order valence-electron chi connectivity index (χ3n) is 2.32. The summed E-state index contributed by atoms with van der Waals surface area (Å²) >= 11 is 0. The summed E-state index contributed by atoms with van der Waals surface area (Å²) in [6, 6.07) is 6.32. The first-order valence-corrected chi connectivity index (χ1v) is 4.77. The number of benzene rings is 1. The molecule has 2 heteroatoms. The second kappa shape index (κ2) is 4.17. The predicted octanol–water partition coefficient (Wildman–Crippen LogP) is 2.15. The number of hydrogen-bond donors (Lipinski definition) is 1. The van der Waals surface area contributed by atoms with Gasteiger partial charge in [0.25, 0.3) is 0 Å². The highest BCUT2D eigenvalue weighted by molar-refractivity contribution is 5.49. The van der Waals surface area contributed by atoms with Crippen LogP contribution in [0.1, 0.15) is 17.5 Å². The third kappa shape index (κ3) is 1.89. The quantitative estimate of drug-likeness (QED) is 0.578. The van der Waals surface area contributed by atoms with E-state index in [1.165, 1.54) is 11.1 Å². The Hall–Kier alpha value is -1.46. The molecule has 0 unspecified atom stereocenters. The minimum absolute atomic E-state index is 0.736. The number of nitrogens with one attached hydrogen (secondary N) is 1. The lowest BCUT2D eigenvalue weighted by molar-refractivity contribution is 0.134. The van der Waals surface area contributed by atoms with Gasteiger partial charge in [0.15, 0.2) is 0 Å². The highest BCUT2D eigenvalue weighted by atomic mass is 16.5. The van der Waals surface area contributed by atoms with Crippen molar-refractivity contribution in [1.29, 1.82) is 0 Å². The smallest absolute Gasteiger partial charge is 0.0725 e. The van der Waals surface area contributed by atoms with E-state index in [0.29, 0.717) is 0 Å². The lowest BCUT2D eigenvalue weighted by Gasteiger charge is -2.05. The van der Waals surface area contributed by atoms with Gasteiger partial charge >= 0.3 is 0 Å². The molecular weight excluding hydrogens is 174 g/mol. The van der Waals surface area contributed by atoms with E-state index >= 15 is 0 Å². The first kappa shape index (κ1) is 9.11. The fourth-order valence-corrected chi connectivity index (χ4v) is 1.56. The Bertz CT molecular complexity index is 365. The molecule has 0 fully saturated rings. The molecular formula is C12H13NO. The van der Waals surface area contributed by atoms with E-state index < -0.39 is 0 Å². The molecule has 2 rings (SSSR count). The van der Waals surface area contributed by atoms with Crippen LogP contribution in [0.15, 0.2) is 18.2 Å². The monoisotopic (exact) mass is 187 g/mol. The fraction of sp³-hybridized carbons (Fsp3) is 0.333. The molecule has 0 spiro atoms. The lowest BCUT2D eigenvalue weighted by atomic mass is 10.1. The van der Waals surface area contributed by atoms with E-state index in [9.17, 15) is 0 Å². The normalized spacial score (nSPS) is 13.4. The molecule has 1 aromatic rings. The largest absolute Gasteiger partial charge is 0.384 e. The maximum atomic E-state index is 5.34. The molecule has 2 nitrogen and oxygen atoms in total. The first-order chi connectivity index (χ1) is 6.90. The van der Waals surface area contributed by atoms with E-state index in [-0.39, 0.29) is 0 Å². The Labute approximate surface area is 84.3 Å². The van der Waals surface area contributed by atoms with Crippen molar-refractivity contribution in [1.82, 2.24) is 0 Å². The van der Waals surface area contributed by atoms with Gasteiger partial charge in [-0.25, -0.2) is 0 Å². The van der Waals surface area contributed by atoms with Gasteiger partial charge in [-0.05, 0) is 23.3 Å². The van der Waals surface area contributed by atoms with E-state index in [0.717, 1.165) is 31.9 Å². The zero-order valence-electron chi connectivity index (χ0n) is 8.05.